The predicted octanol–water partition coefficient (Wildman–Crippen LogP) is 2.02. The van der Waals surface area contributed by atoms with Crippen LogP contribution in [0.3, 0.4) is 0 Å². The van der Waals surface area contributed by atoms with E-state index in [1.165, 1.54) is 12.8 Å². The van der Waals surface area contributed by atoms with Gasteiger partial charge in [0.15, 0.2) is 0 Å². The lowest BCUT2D eigenvalue weighted by Gasteiger charge is -2.20. The number of nitrogens with zero attached hydrogens (tertiary/aromatic N) is 2. The molecule has 0 radical (unpaired) electrons. The second-order valence-electron chi connectivity index (χ2n) is 4.47. The monoisotopic (exact) mass is 234 g/mol. The smallest absolute Gasteiger partial charge is 0.127 e. The quantitative estimate of drug-likeness (QED) is 0.757. The molecule has 17 heavy (non-hydrogen) atoms. The van der Waals surface area contributed by atoms with Gasteiger partial charge in [0.05, 0.1) is 0 Å². The van der Waals surface area contributed by atoms with E-state index in [-0.39, 0.29) is 0 Å². The Kier molecular flexibility index (Phi) is 4.20. The summed E-state index contributed by atoms with van der Waals surface area (Å²) in [6.07, 6.45) is 4.59. The van der Waals surface area contributed by atoms with Crippen LogP contribution < -0.4 is 10.6 Å². The molecule has 0 unspecified atom stereocenters. The summed E-state index contributed by atoms with van der Waals surface area (Å²) in [5, 5.41) is 6.49. The van der Waals surface area contributed by atoms with Crippen LogP contribution in [-0.4, -0.2) is 42.6 Å². The van der Waals surface area contributed by atoms with Crippen molar-refractivity contribution in [3.05, 3.63) is 18.3 Å². The van der Waals surface area contributed by atoms with Gasteiger partial charge in [-0.25, -0.2) is 4.98 Å². The summed E-state index contributed by atoms with van der Waals surface area (Å²) >= 11 is 0. The van der Waals surface area contributed by atoms with E-state index in [2.05, 4.69) is 27.4 Å². The fourth-order valence-electron chi connectivity index (χ4n) is 2.06. The van der Waals surface area contributed by atoms with Crippen molar-refractivity contribution in [2.24, 2.45) is 0 Å². The van der Waals surface area contributed by atoms with Crippen LogP contribution in [0.4, 0.5) is 11.5 Å². The summed E-state index contributed by atoms with van der Waals surface area (Å²) in [7, 11) is 1.89. The summed E-state index contributed by atoms with van der Waals surface area (Å²) < 4.78 is 0. The van der Waals surface area contributed by atoms with Crippen molar-refractivity contribution >= 4 is 11.5 Å². The second kappa shape index (κ2) is 5.87. The molecule has 0 amide bonds. The lowest BCUT2D eigenvalue weighted by Crippen LogP contribution is -2.30. The van der Waals surface area contributed by atoms with E-state index in [9.17, 15) is 0 Å². The molecule has 0 aliphatic heterocycles. The number of hydrogen-bond donors (Lipinski definition) is 2. The average Bonchev–Trinajstić information content (AvgIpc) is 3.19. The third kappa shape index (κ3) is 3.60. The van der Waals surface area contributed by atoms with Crippen LogP contribution in [0.5, 0.6) is 0 Å². The van der Waals surface area contributed by atoms with Gasteiger partial charge in [-0.05, 0) is 25.5 Å². The van der Waals surface area contributed by atoms with Crippen LogP contribution in [0.2, 0.25) is 0 Å². The van der Waals surface area contributed by atoms with E-state index in [1.54, 1.807) is 0 Å². The minimum absolute atomic E-state index is 0.854. The minimum Gasteiger partial charge on any atom is -0.384 e. The molecule has 1 fully saturated rings. The lowest BCUT2D eigenvalue weighted by atomic mass is 10.3. The van der Waals surface area contributed by atoms with Gasteiger partial charge in [0.25, 0.3) is 0 Å². The molecule has 2 rings (SSSR count). The van der Waals surface area contributed by atoms with Gasteiger partial charge in [0.1, 0.15) is 5.82 Å². The summed E-state index contributed by atoms with van der Waals surface area (Å²) in [5.41, 5.74) is 1.14. The standard InChI is InChI=1S/C13H22N4/c1-3-17(12-4-5-12)9-8-15-11-6-7-16-13(10-11)14-2/h6-7,10,12H,3-5,8-9H2,1-2H3,(H2,14,15,16). The Balaban J connectivity index is 1.76. The number of hydrogen-bond acceptors (Lipinski definition) is 4. The summed E-state index contributed by atoms with van der Waals surface area (Å²) in [6, 6.07) is 4.90. The highest BCUT2D eigenvalue weighted by Crippen LogP contribution is 2.26. The van der Waals surface area contributed by atoms with E-state index < -0.39 is 0 Å². The van der Waals surface area contributed by atoms with E-state index in [0.717, 1.165) is 37.2 Å². The van der Waals surface area contributed by atoms with Crippen molar-refractivity contribution in [2.75, 3.05) is 37.3 Å². The van der Waals surface area contributed by atoms with E-state index in [0.29, 0.717) is 0 Å². The van der Waals surface area contributed by atoms with E-state index in [4.69, 9.17) is 0 Å². The lowest BCUT2D eigenvalue weighted by molar-refractivity contribution is 0.289. The van der Waals surface area contributed by atoms with Crippen LogP contribution in [0.1, 0.15) is 19.8 Å². The minimum atomic E-state index is 0.854. The highest BCUT2D eigenvalue weighted by Gasteiger charge is 2.26. The zero-order chi connectivity index (χ0) is 12.1. The second-order valence-corrected chi connectivity index (χ2v) is 4.47. The first-order chi connectivity index (χ1) is 8.33. The third-order valence-electron chi connectivity index (χ3n) is 3.21. The molecule has 0 spiro atoms. The highest BCUT2D eigenvalue weighted by molar-refractivity contribution is 5.51. The molecule has 1 aromatic rings. The first-order valence-corrected chi connectivity index (χ1v) is 6.45. The van der Waals surface area contributed by atoms with Gasteiger partial charge in [-0.1, -0.05) is 6.92 Å². The van der Waals surface area contributed by atoms with Gasteiger partial charge in [-0.2, -0.15) is 0 Å². The molecule has 1 aliphatic rings. The Morgan fingerprint density at radius 3 is 2.94 bits per heavy atom. The largest absolute Gasteiger partial charge is 0.384 e. The maximum Gasteiger partial charge on any atom is 0.127 e. The molecule has 94 valence electrons. The molecule has 4 heteroatoms. The fourth-order valence-corrected chi connectivity index (χ4v) is 2.06. The van der Waals surface area contributed by atoms with Crippen molar-refractivity contribution in [1.29, 1.82) is 0 Å². The topological polar surface area (TPSA) is 40.2 Å². The molecule has 0 aromatic carbocycles. The van der Waals surface area contributed by atoms with E-state index >= 15 is 0 Å². The number of anilines is 2. The van der Waals surface area contributed by atoms with E-state index in [1.807, 2.05) is 25.4 Å². The molecule has 4 nitrogen and oxygen atoms in total. The van der Waals surface area contributed by atoms with Crippen LogP contribution in [0.25, 0.3) is 0 Å². The Labute approximate surface area is 103 Å². The Bertz CT molecular complexity index is 349. The van der Waals surface area contributed by atoms with Crippen molar-refractivity contribution in [1.82, 2.24) is 9.88 Å². The van der Waals surface area contributed by atoms with Gasteiger partial charge in [-0.3, -0.25) is 4.90 Å². The molecule has 2 N–H and O–H groups in total. The molecule has 0 bridgehead atoms. The predicted molar refractivity (Wildman–Crippen MR) is 72.5 cm³/mol. The molecule has 1 aromatic heterocycles. The molecule has 0 atom stereocenters. The summed E-state index contributed by atoms with van der Waals surface area (Å²) in [6.45, 7) is 5.52. The van der Waals surface area contributed by atoms with Crippen molar-refractivity contribution in [3.8, 4) is 0 Å². The van der Waals surface area contributed by atoms with Crippen LogP contribution in [-0.2, 0) is 0 Å². The number of pyridine rings is 1. The molecule has 1 aliphatic carbocycles. The number of aromatic nitrogens is 1. The fraction of sp³-hybridized carbons (Fsp3) is 0.615. The first-order valence-electron chi connectivity index (χ1n) is 6.45. The van der Waals surface area contributed by atoms with Crippen molar-refractivity contribution in [2.45, 2.75) is 25.8 Å². The summed E-state index contributed by atoms with van der Waals surface area (Å²) in [4.78, 5) is 6.74. The maximum atomic E-state index is 4.19. The number of rotatable bonds is 7. The van der Waals surface area contributed by atoms with Gasteiger partial charge in [0, 0.05) is 44.1 Å². The van der Waals surface area contributed by atoms with Crippen molar-refractivity contribution < 1.29 is 0 Å². The maximum absolute atomic E-state index is 4.19. The SMILES string of the molecule is CCN(CCNc1ccnc(NC)c1)C1CC1. The normalized spacial score (nSPS) is 15.0. The highest BCUT2D eigenvalue weighted by atomic mass is 15.2. The van der Waals surface area contributed by atoms with Crippen LogP contribution >= 0.6 is 0 Å². The molecule has 1 heterocycles. The van der Waals surface area contributed by atoms with Gasteiger partial charge in [-0.15, -0.1) is 0 Å². The van der Waals surface area contributed by atoms with Crippen LogP contribution in [0.15, 0.2) is 18.3 Å². The van der Waals surface area contributed by atoms with Gasteiger partial charge < -0.3 is 10.6 Å². The van der Waals surface area contributed by atoms with Crippen molar-refractivity contribution in [3.63, 3.8) is 0 Å². The Morgan fingerprint density at radius 1 is 1.47 bits per heavy atom. The number of nitrogens with one attached hydrogen (secondary N) is 2. The molecular formula is C13H22N4. The zero-order valence-electron chi connectivity index (χ0n) is 10.7. The number of likely N-dealkylation sites (N-methyl/N-ethyl adjacent to an activating group) is 1. The molecule has 0 saturated heterocycles. The first kappa shape index (κ1) is 12.2. The molecule has 1 saturated carbocycles. The van der Waals surface area contributed by atoms with Crippen LogP contribution in [0, 0.1) is 0 Å². The van der Waals surface area contributed by atoms with Gasteiger partial charge in [0.2, 0.25) is 0 Å². The Morgan fingerprint density at radius 2 is 2.29 bits per heavy atom. The Hall–Kier alpha value is -1.29. The average molecular weight is 234 g/mol. The summed E-state index contributed by atoms with van der Waals surface area (Å²) in [5.74, 6) is 0.907. The molecular weight excluding hydrogens is 212 g/mol. The zero-order valence-corrected chi connectivity index (χ0v) is 10.7. The third-order valence-corrected chi connectivity index (χ3v) is 3.21. The van der Waals surface area contributed by atoms with Gasteiger partial charge >= 0.3 is 0 Å².